The minimum absolute atomic E-state index is 0.111. The van der Waals surface area contributed by atoms with Crippen LogP contribution in [-0.4, -0.2) is 54.6 Å². The second-order valence-electron chi connectivity index (χ2n) is 7.69. The summed E-state index contributed by atoms with van der Waals surface area (Å²) in [6.45, 7) is 6.02. The molecule has 150 valence electrons. The molecule has 2 heterocycles. The van der Waals surface area contributed by atoms with Crippen LogP contribution in [0.2, 0.25) is 0 Å². The summed E-state index contributed by atoms with van der Waals surface area (Å²) in [4.78, 5) is 21.4. The van der Waals surface area contributed by atoms with E-state index in [0.29, 0.717) is 5.56 Å². The molecule has 0 radical (unpaired) electrons. The second-order valence-corrected chi connectivity index (χ2v) is 7.69. The van der Waals surface area contributed by atoms with Crippen LogP contribution in [0.25, 0.3) is 0 Å². The molecule has 0 spiro atoms. The largest absolute Gasteiger partial charge is 0.354 e. The van der Waals surface area contributed by atoms with Crippen LogP contribution in [-0.2, 0) is 4.79 Å². The van der Waals surface area contributed by atoms with Crippen molar-refractivity contribution in [3.63, 3.8) is 0 Å². The first-order valence-electron chi connectivity index (χ1n) is 10.5. The first kappa shape index (κ1) is 20.3. The summed E-state index contributed by atoms with van der Waals surface area (Å²) in [5.41, 5.74) is 2.10. The van der Waals surface area contributed by atoms with Gasteiger partial charge in [0.15, 0.2) is 0 Å². The smallest absolute Gasteiger partial charge is 0.237 e. The molecule has 0 bridgehead atoms. The van der Waals surface area contributed by atoms with Gasteiger partial charge in [-0.2, -0.15) is 5.26 Å². The van der Waals surface area contributed by atoms with Crippen molar-refractivity contribution in [1.82, 2.24) is 15.2 Å². The van der Waals surface area contributed by atoms with Gasteiger partial charge in [-0.1, -0.05) is 11.6 Å². The van der Waals surface area contributed by atoms with E-state index < -0.39 is 0 Å². The van der Waals surface area contributed by atoms with E-state index in [1.165, 1.54) is 31.3 Å². The van der Waals surface area contributed by atoms with E-state index in [0.717, 1.165) is 51.4 Å². The number of hydrogen-bond acceptors (Lipinski definition) is 5. The summed E-state index contributed by atoms with van der Waals surface area (Å²) in [6.07, 6.45) is 11.0. The summed E-state index contributed by atoms with van der Waals surface area (Å²) in [5.74, 6) is 0.866. The topological polar surface area (TPSA) is 72.3 Å². The van der Waals surface area contributed by atoms with Crippen molar-refractivity contribution in [3.8, 4) is 6.07 Å². The highest BCUT2D eigenvalue weighted by Crippen LogP contribution is 2.20. The number of amides is 1. The zero-order chi connectivity index (χ0) is 19.8. The summed E-state index contributed by atoms with van der Waals surface area (Å²) in [5, 5.41) is 12.4. The van der Waals surface area contributed by atoms with Crippen molar-refractivity contribution >= 4 is 11.7 Å². The maximum atomic E-state index is 12.6. The van der Waals surface area contributed by atoms with Gasteiger partial charge in [0.25, 0.3) is 0 Å². The summed E-state index contributed by atoms with van der Waals surface area (Å²) in [6, 6.07) is 5.69. The molecule has 0 aromatic carbocycles. The molecule has 1 aliphatic carbocycles. The highest BCUT2D eigenvalue weighted by atomic mass is 16.2. The Bertz CT molecular complexity index is 739. The lowest BCUT2D eigenvalue weighted by Crippen LogP contribution is -2.46. The summed E-state index contributed by atoms with van der Waals surface area (Å²) < 4.78 is 0. The Morgan fingerprint density at radius 1 is 1.29 bits per heavy atom. The van der Waals surface area contributed by atoms with Gasteiger partial charge >= 0.3 is 0 Å². The molecule has 1 atom stereocenters. The summed E-state index contributed by atoms with van der Waals surface area (Å²) in [7, 11) is 0. The van der Waals surface area contributed by atoms with Crippen LogP contribution in [0.4, 0.5) is 5.82 Å². The Morgan fingerprint density at radius 2 is 2.18 bits per heavy atom. The third kappa shape index (κ3) is 5.32. The van der Waals surface area contributed by atoms with Gasteiger partial charge in [-0.3, -0.25) is 9.69 Å². The zero-order valence-corrected chi connectivity index (χ0v) is 16.9. The number of nitriles is 1. The molecule has 1 saturated heterocycles. The fourth-order valence-electron chi connectivity index (χ4n) is 4.06. The second kappa shape index (κ2) is 10.2. The number of aromatic nitrogens is 1. The molecular formula is C22H31N5O. The number of carbonyl (C=O) groups is 1. The normalized spacial score (nSPS) is 19.3. The van der Waals surface area contributed by atoms with Crippen LogP contribution in [0.15, 0.2) is 30.0 Å². The fraction of sp³-hybridized carbons (Fsp3) is 0.591. The van der Waals surface area contributed by atoms with Gasteiger partial charge in [0.2, 0.25) is 5.91 Å². The van der Waals surface area contributed by atoms with Gasteiger partial charge in [0, 0.05) is 38.9 Å². The molecule has 2 aliphatic rings. The molecule has 1 N–H and O–H groups in total. The van der Waals surface area contributed by atoms with Gasteiger partial charge in [-0.05, 0) is 57.6 Å². The van der Waals surface area contributed by atoms with Crippen molar-refractivity contribution in [2.75, 3.05) is 37.6 Å². The van der Waals surface area contributed by atoms with E-state index in [-0.39, 0.29) is 11.9 Å². The summed E-state index contributed by atoms with van der Waals surface area (Å²) >= 11 is 0. The average Bonchev–Trinajstić information content (AvgIpc) is 3.00. The first-order chi connectivity index (χ1) is 13.7. The average molecular weight is 382 g/mol. The molecule has 1 aromatic heterocycles. The standard InChI is InChI=1S/C22H31N5O/c1-18(22(28)25-12-10-19-7-3-2-4-8-19)26-13-6-14-27(16-15-26)21-20(17-23)9-5-11-24-21/h5,7,9,11,18H,2-4,6,8,10,12-16H2,1H3,(H,25,28). The van der Waals surface area contributed by atoms with E-state index in [4.69, 9.17) is 0 Å². The number of pyridine rings is 1. The molecule has 1 amide bonds. The van der Waals surface area contributed by atoms with Gasteiger partial charge < -0.3 is 10.2 Å². The number of rotatable bonds is 6. The van der Waals surface area contributed by atoms with Crippen LogP contribution in [0.1, 0.15) is 51.0 Å². The first-order valence-corrected chi connectivity index (χ1v) is 10.5. The van der Waals surface area contributed by atoms with Crippen molar-refractivity contribution in [2.45, 2.75) is 51.5 Å². The van der Waals surface area contributed by atoms with Gasteiger partial charge in [-0.25, -0.2) is 4.98 Å². The number of hydrogen-bond donors (Lipinski definition) is 1. The Morgan fingerprint density at radius 3 is 2.96 bits per heavy atom. The van der Waals surface area contributed by atoms with Crippen molar-refractivity contribution in [3.05, 3.63) is 35.5 Å². The van der Waals surface area contributed by atoms with Gasteiger partial charge in [0.1, 0.15) is 11.9 Å². The predicted octanol–water partition coefficient (Wildman–Crippen LogP) is 2.86. The van der Waals surface area contributed by atoms with Crippen LogP contribution in [0.5, 0.6) is 0 Å². The SMILES string of the molecule is CC(C(=O)NCCC1=CCCCC1)N1CCCN(c2ncccc2C#N)CC1. The molecule has 28 heavy (non-hydrogen) atoms. The van der Waals surface area contributed by atoms with Gasteiger partial charge in [-0.15, -0.1) is 0 Å². The zero-order valence-electron chi connectivity index (χ0n) is 16.9. The molecule has 1 aliphatic heterocycles. The Balaban J connectivity index is 1.49. The van der Waals surface area contributed by atoms with Crippen molar-refractivity contribution in [1.29, 1.82) is 5.26 Å². The van der Waals surface area contributed by atoms with Gasteiger partial charge in [0.05, 0.1) is 11.6 Å². The molecule has 1 aromatic rings. The van der Waals surface area contributed by atoms with Crippen LogP contribution < -0.4 is 10.2 Å². The molecule has 6 nitrogen and oxygen atoms in total. The van der Waals surface area contributed by atoms with Crippen molar-refractivity contribution < 1.29 is 4.79 Å². The Labute approximate surface area is 168 Å². The Kier molecular flexibility index (Phi) is 7.44. The lowest BCUT2D eigenvalue weighted by Gasteiger charge is -2.27. The lowest BCUT2D eigenvalue weighted by atomic mass is 9.97. The molecular weight excluding hydrogens is 350 g/mol. The van der Waals surface area contributed by atoms with E-state index in [1.54, 1.807) is 12.3 Å². The number of allylic oxidation sites excluding steroid dienone is 1. The van der Waals surface area contributed by atoms with E-state index in [2.05, 4.69) is 32.2 Å². The third-order valence-electron chi connectivity index (χ3n) is 5.79. The number of carbonyl (C=O) groups excluding carboxylic acids is 1. The van der Waals surface area contributed by atoms with Crippen LogP contribution in [0.3, 0.4) is 0 Å². The van der Waals surface area contributed by atoms with Crippen LogP contribution in [0, 0.1) is 11.3 Å². The molecule has 1 unspecified atom stereocenters. The minimum Gasteiger partial charge on any atom is -0.354 e. The maximum absolute atomic E-state index is 12.6. The highest BCUT2D eigenvalue weighted by molar-refractivity contribution is 5.81. The molecule has 1 fully saturated rings. The number of nitrogens with zero attached hydrogens (tertiary/aromatic N) is 4. The highest BCUT2D eigenvalue weighted by Gasteiger charge is 2.25. The monoisotopic (exact) mass is 381 g/mol. The minimum atomic E-state index is -0.139. The quantitative estimate of drug-likeness (QED) is 0.767. The fourth-order valence-corrected chi connectivity index (χ4v) is 4.06. The van der Waals surface area contributed by atoms with E-state index >= 15 is 0 Å². The molecule has 0 saturated carbocycles. The third-order valence-corrected chi connectivity index (χ3v) is 5.79. The number of nitrogens with one attached hydrogen (secondary N) is 1. The van der Waals surface area contributed by atoms with E-state index in [9.17, 15) is 10.1 Å². The van der Waals surface area contributed by atoms with Crippen LogP contribution >= 0.6 is 0 Å². The van der Waals surface area contributed by atoms with E-state index in [1.807, 2.05) is 13.0 Å². The Hall–Kier alpha value is -2.39. The maximum Gasteiger partial charge on any atom is 0.237 e. The predicted molar refractivity (Wildman–Crippen MR) is 111 cm³/mol. The molecule has 6 heteroatoms. The molecule has 3 rings (SSSR count). The van der Waals surface area contributed by atoms with Crippen molar-refractivity contribution in [2.24, 2.45) is 0 Å². The lowest BCUT2D eigenvalue weighted by molar-refractivity contribution is -0.125. The number of anilines is 1.